The van der Waals surface area contributed by atoms with Crippen LogP contribution in [0.3, 0.4) is 0 Å². The van der Waals surface area contributed by atoms with Gasteiger partial charge in [-0.15, -0.1) is 0 Å². The van der Waals surface area contributed by atoms with Crippen molar-refractivity contribution in [2.24, 2.45) is 5.10 Å². The van der Waals surface area contributed by atoms with Crippen LogP contribution >= 0.6 is 0 Å². The number of nitrogens with one attached hydrogen (secondary N) is 1. The van der Waals surface area contributed by atoms with Crippen LogP contribution in [0.1, 0.15) is 16.7 Å². The number of aromatic hydroxyl groups is 1. The molecule has 5 heteroatoms. The summed E-state index contributed by atoms with van der Waals surface area (Å²) in [5.41, 5.74) is 5.30. The second kappa shape index (κ2) is 7.26. The molecule has 0 atom stereocenters. The third-order valence-corrected chi connectivity index (χ3v) is 3.21. The Morgan fingerprint density at radius 2 is 1.95 bits per heavy atom. The molecule has 0 aliphatic rings. The van der Waals surface area contributed by atoms with E-state index in [1.807, 2.05) is 32.0 Å². The highest BCUT2D eigenvalue weighted by molar-refractivity contribution is 5.83. The van der Waals surface area contributed by atoms with Gasteiger partial charge in [0.15, 0.2) is 6.61 Å². The van der Waals surface area contributed by atoms with E-state index in [-0.39, 0.29) is 18.3 Å². The van der Waals surface area contributed by atoms with Crippen molar-refractivity contribution in [3.63, 3.8) is 0 Å². The maximum absolute atomic E-state index is 11.7. The second-order valence-electron chi connectivity index (χ2n) is 4.87. The zero-order valence-corrected chi connectivity index (χ0v) is 12.5. The smallest absolute Gasteiger partial charge is 0.277 e. The van der Waals surface area contributed by atoms with Crippen LogP contribution in [0.2, 0.25) is 0 Å². The lowest BCUT2D eigenvalue weighted by Gasteiger charge is -2.09. The zero-order chi connectivity index (χ0) is 15.9. The molecule has 5 nitrogen and oxygen atoms in total. The van der Waals surface area contributed by atoms with Gasteiger partial charge in [-0.1, -0.05) is 12.1 Å². The summed E-state index contributed by atoms with van der Waals surface area (Å²) in [5.74, 6) is 0.539. The maximum Gasteiger partial charge on any atom is 0.277 e. The van der Waals surface area contributed by atoms with Crippen molar-refractivity contribution in [2.45, 2.75) is 13.8 Å². The van der Waals surface area contributed by atoms with E-state index in [4.69, 9.17) is 9.84 Å². The first-order chi connectivity index (χ1) is 10.6. The van der Waals surface area contributed by atoms with E-state index in [0.29, 0.717) is 5.75 Å². The highest BCUT2D eigenvalue weighted by atomic mass is 16.5. The van der Waals surface area contributed by atoms with Gasteiger partial charge in [-0.2, -0.15) is 5.10 Å². The molecule has 0 aromatic heterocycles. The number of phenolic OH excluding ortho intramolecular Hbond substituents is 1. The molecule has 0 saturated carbocycles. The van der Waals surface area contributed by atoms with Gasteiger partial charge in [0, 0.05) is 0 Å². The van der Waals surface area contributed by atoms with Crippen LogP contribution in [0.5, 0.6) is 11.5 Å². The summed E-state index contributed by atoms with van der Waals surface area (Å²) >= 11 is 0. The largest absolute Gasteiger partial charge is 0.508 e. The predicted octanol–water partition coefficient (Wildman–Crippen LogP) is 2.54. The molecule has 2 aromatic carbocycles. The molecule has 0 radical (unpaired) electrons. The number of phenols is 1. The molecule has 0 bridgehead atoms. The molecule has 0 aliphatic carbocycles. The maximum atomic E-state index is 11.7. The Bertz CT molecular complexity index is 679. The van der Waals surface area contributed by atoms with Crippen LogP contribution in [-0.4, -0.2) is 23.8 Å². The first-order valence-corrected chi connectivity index (χ1v) is 6.86. The van der Waals surface area contributed by atoms with Gasteiger partial charge in [0.25, 0.3) is 5.91 Å². The topological polar surface area (TPSA) is 70.9 Å². The Kier molecular flexibility index (Phi) is 5.14. The third kappa shape index (κ3) is 4.34. The number of carbonyl (C=O) groups is 1. The lowest BCUT2D eigenvalue weighted by atomic mass is 10.1. The van der Waals surface area contributed by atoms with Gasteiger partial charge in [0.05, 0.1) is 6.21 Å². The van der Waals surface area contributed by atoms with E-state index in [9.17, 15) is 4.79 Å². The van der Waals surface area contributed by atoms with Crippen molar-refractivity contribution in [1.82, 2.24) is 5.43 Å². The predicted molar refractivity (Wildman–Crippen MR) is 85.3 cm³/mol. The standard InChI is InChI=1S/C17H18N2O3/c1-12-4-3-5-16(13(12)2)22-11-17(21)19-18-10-14-6-8-15(20)9-7-14/h3-10,20H,11H2,1-2H3,(H,19,21). The van der Waals surface area contributed by atoms with Crippen molar-refractivity contribution < 1.29 is 14.6 Å². The van der Waals surface area contributed by atoms with Crippen LogP contribution in [0.4, 0.5) is 0 Å². The van der Waals surface area contributed by atoms with Gasteiger partial charge >= 0.3 is 0 Å². The average Bonchev–Trinajstić information content (AvgIpc) is 2.51. The fourth-order valence-corrected chi connectivity index (χ4v) is 1.80. The molecular formula is C17H18N2O3. The molecular weight excluding hydrogens is 280 g/mol. The van der Waals surface area contributed by atoms with E-state index >= 15 is 0 Å². The van der Waals surface area contributed by atoms with Crippen LogP contribution < -0.4 is 10.2 Å². The summed E-state index contributed by atoms with van der Waals surface area (Å²) < 4.78 is 5.48. The number of amides is 1. The number of carbonyl (C=O) groups excluding carboxylic acids is 1. The molecule has 0 saturated heterocycles. The fraction of sp³-hybridized carbons (Fsp3) is 0.176. The Balaban J connectivity index is 1.83. The Morgan fingerprint density at radius 1 is 1.23 bits per heavy atom. The number of hydrogen-bond acceptors (Lipinski definition) is 4. The zero-order valence-electron chi connectivity index (χ0n) is 12.5. The first kappa shape index (κ1) is 15.6. The first-order valence-electron chi connectivity index (χ1n) is 6.86. The third-order valence-electron chi connectivity index (χ3n) is 3.21. The van der Waals surface area contributed by atoms with Crippen molar-refractivity contribution in [3.8, 4) is 11.5 Å². The molecule has 2 rings (SSSR count). The monoisotopic (exact) mass is 298 g/mol. The van der Waals surface area contributed by atoms with Crippen molar-refractivity contribution in [2.75, 3.05) is 6.61 Å². The summed E-state index contributed by atoms with van der Waals surface area (Å²) in [4.78, 5) is 11.7. The van der Waals surface area contributed by atoms with Crippen molar-refractivity contribution in [1.29, 1.82) is 0 Å². The minimum Gasteiger partial charge on any atom is -0.508 e. The summed E-state index contributed by atoms with van der Waals surface area (Å²) in [6.45, 7) is 3.84. The van der Waals surface area contributed by atoms with Crippen molar-refractivity contribution in [3.05, 3.63) is 59.2 Å². The van der Waals surface area contributed by atoms with Crippen molar-refractivity contribution >= 4 is 12.1 Å². The van der Waals surface area contributed by atoms with Gasteiger partial charge in [-0.25, -0.2) is 5.43 Å². The van der Waals surface area contributed by atoms with Crippen LogP contribution in [-0.2, 0) is 4.79 Å². The Labute approximate surface area is 129 Å². The molecule has 0 spiro atoms. The number of hydrazone groups is 1. The Hall–Kier alpha value is -2.82. The molecule has 1 amide bonds. The highest BCUT2D eigenvalue weighted by Gasteiger charge is 2.05. The fourth-order valence-electron chi connectivity index (χ4n) is 1.80. The van der Waals surface area contributed by atoms with E-state index in [1.165, 1.54) is 6.21 Å². The molecule has 114 valence electrons. The Morgan fingerprint density at radius 3 is 2.68 bits per heavy atom. The van der Waals surface area contributed by atoms with Gasteiger partial charge in [0.2, 0.25) is 0 Å². The summed E-state index contributed by atoms with van der Waals surface area (Å²) in [7, 11) is 0. The normalized spacial score (nSPS) is 10.6. The van der Waals surface area contributed by atoms with E-state index in [1.54, 1.807) is 24.3 Å². The van der Waals surface area contributed by atoms with Gasteiger partial charge < -0.3 is 9.84 Å². The molecule has 0 unspecified atom stereocenters. The molecule has 22 heavy (non-hydrogen) atoms. The molecule has 2 N–H and O–H groups in total. The molecule has 0 aliphatic heterocycles. The van der Waals surface area contributed by atoms with E-state index in [0.717, 1.165) is 16.7 Å². The summed E-state index contributed by atoms with van der Waals surface area (Å²) in [5, 5.41) is 13.0. The van der Waals surface area contributed by atoms with Crippen LogP contribution in [0.15, 0.2) is 47.6 Å². The molecule has 0 heterocycles. The number of hydrogen-bond donors (Lipinski definition) is 2. The number of aryl methyl sites for hydroxylation is 1. The lowest BCUT2D eigenvalue weighted by molar-refractivity contribution is -0.123. The van der Waals surface area contributed by atoms with E-state index in [2.05, 4.69) is 10.5 Å². The molecule has 2 aromatic rings. The van der Waals surface area contributed by atoms with Gasteiger partial charge in [0.1, 0.15) is 11.5 Å². The minimum atomic E-state index is -0.337. The summed E-state index contributed by atoms with van der Waals surface area (Å²) in [6, 6.07) is 12.2. The SMILES string of the molecule is Cc1cccc(OCC(=O)NN=Cc2ccc(O)cc2)c1C. The quantitative estimate of drug-likeness (QED) is 0.658. The average molecular weight is 298 g/mol. The number of ether oxygens (including phenoxy) is 1. The number of nitrogens with zero attached hydrogens (tertiary/aromatic N) is 1. The van der Waals surface area contributed by atoms with Gasteiger partial charge in [-0.3, -0.25) is 4.79 Å². The van der Waals surface area contributed by atoms with Crippen LogP contribution in [0.25, 0.3) is 0 Å². The van der Waals surface area contributed by atoms with E-state index < -0.39 is 0 Å². The van der Waals surface area contributed by atoms with Gasteiger partial charge in [-0.05, 0) is 60.9 Å². The minimum absolute atomic E-state index is 0.1000. The second-order valence-corrected chi connectivity index (χ2v) is 4.87. The number of benzene rings is 2. The van der Waals surface area contributed by atoms with Crippen LogP contribution in [0, 0.1) is 13.8 Å². The summed E-state index contributed by atoms with van der Waals surface area (Å²) in [6.07, 6.45) is 1.50. The molecule has 0 fully saturated rings. The number of rotatable bonds is 5. The highest BCUT2D eigenvalue weighted by Crippen LogP contribution is 2.20. The lowest BCUT2D eigenvalue weighted by Crippen LogP contribution is -2.24.